The first-order chi connectivity index (χ1) is 13.4. The Balaban J connectivity index is 2.06. The molecular formula is C18H15F3N4O2S. The number of halogens is 3. The Morgan fingerprint density at radius 3 is 2.71 bits per heavy atom. The van der Waals surface area contributed by atoms with Crippen molar-refractivity contribution in [2.75, 3.05) is 12.4 Å². The van der Waals surface area contributed by atoms with E-state index in [1.165, 1.54) is 22.9 Å². The minimum Gasteiger partial charge on any atom is -0.465 e. The lowest BCUT2D eigenvalue weighted by Gasteiger charge is -2.13. The average Bonchev–Trinajstić information content (AvgIpc) is 3.11. The summed E-state index contributed by atoms with van der Waals surface area (Å²) < 4.78 is 45.8. The smallest absolute Gasteiger partial charge is 0.416 e. The minimum atomic E-state index is -4.49. The Morgan fingerprint density at radius 2 is 2.04 bits per heavy atom. The largest absolute Gasteiger partial charge is 0.465 e. The van der Waals surface area contributed by atoms with Crippen molar-refractivity contribution < 1.29 is 22.7 Å². The van der Waals surface area contributed by atoms with E-state index >= 15 is 0 Å². The van der Waals surface area contributed by atoms with Gasteiger partial charge in [0, 0.05) is 18.0 Å². The van der Waals surface area contributed by atoms with Gasteiger partial charge >= 0.3 is 12.1 Å². The zero-order chi connectivity index (χ0) is 20.1. The standard InChI is InChI=1S/C18H15F3N4O2S/c1-2-27-15(26)11-28-17-24-23-16(12-5-4-8-22-10-12)25(17)14-7-3-6-13(9-14)18(19,20)21/h3-10H,2,11H2,1H3. The van der Waals surface area contributed by atoms with Crippen molar-refractivity contribution in [2.24, 2.45) is 0 Å². The van der Waals surface area contributed by atoms with Crippen LogP contribution in [-0.2, 0) is 15.7 Å². The SMILES string of the molecule is CCOC(=O)CSc1nnc(-c2cccnc2)n1-c1cccc(C(F)(F)F)c1. The van der Waals surface area contributed by atoms with Crippen molar-refractivity contribution in [1.29, 1.82) is 0 Å². The molecule has 0 N–H and O–H groups in total. The number of hydrogen-bond donors (Lipinski definition) is 0. The summed E-state index contributed by atoms with van der Waals surface area (Å²) in [6, 6.07) is 8.24. The second kappa shape index (κ2) is 8.42. The van der Waals surface area contributed by atoms with E-state index in [4.69, 9.17) is 4.74 Å². The molecular weight excluding hydrogens is 393 g/mol. The van der Waals surface area contributed by atoms with E-state index in [0.717, 1.165) is 23.9 Å². The molecule has 0 bridgehead atoms. The molecule has 0 fully saturated rings. The molecule has 6 nitrogen and oxygen atoms in total. The van der Waals surface area contributed by atoms with Crippen molar-refractivity contribution >= 4 is 17.7 Å². The molecule has 0 aliphatic heterocycles. The Labute approximate surface area is 162 Å². The zero-order valence-electron chi connectivity index (χ0n) is 14.7. The quantitative estimate of drug-likeness (QED) is 0.454. The van der Waals surface area contributed by atoms with E-state index in [0.29, 0.717) is 11.4 Å². The van der Waals surface area contributed by atoms with Crippen molar-refractivity contribution in [1.82, 2.24) is 19.7 Å². The van der Waals surface area contributed by atoms with Gasteiger partial charge in [0.1, 0.15) is 0 Å². The number of benzene rings is 1. The van der Waals surface area contributed by atoms with E-state index in [-0.39, 0.29) is 23.2 Å². The number of carbonyl (C=O) groups excluding carboxylic acids is 1. The van der Waals surface area contributed by atoms with Gasteiger partial charge in [0.05, 0.1) is 23.6 Å². The highest BCUT2D eigenvalue weighted by atomic mass is 32.2. The van der Waals surface area contributed by atoms with E-state index in [1.54, 1.807) is 25.3 Å². The number of esters is 1. The van der Waals surface area contributed by atoms with Crippen LogP contribution in [0.15, 0.2) is 53.9 Å². The van der Waals surface area contributed by atoms with Crippen molar-refractivity contribution in [3.05, 3.63) is 54.4 Å². The molecule has 0 amide bonds. The molecule has 146 valence electrons. The van der Waals surface area contributed by atoms with E-state index in [2.05, 4.69) is 15.2 Å². The number of rotatable bonds is 6. The number of alkyl halides is 3. The average molecular weight is 408 g/mol. The van der Waals surface area contributed by atoms with Crippen LogP contribution in [0.5, 0.6) is 0 Å². The normalized spacial score (nSPS) is 11.4. The van der Waals surface area contributed by atoms with Crippen LogP contribution in [0.3, 0.4) is 0 Å². The summed E-state index contributed by atoms with van der Waals surface area (Å²) in [5, 5.41) is 8.42. The molecule has 10 heteroatoms. The number of nitrogens with zero attached hydrogens (tertiary/aromatic N) is 4. The third-order valence-corrected chi connectivity index (χ3v) is 4.51. The van der Waals surface area contributed by atoms with Gasteiger partial charge in [-0.1, -0.05) is 17.8 Å². The third-order valence-electron chi connectivity index (χ3n) is 3.61. The first-order valence-electron chi connectivity index (χ1n) is 8.22. The molecule has 0 saturated heterocycles. The molecule has 28 heavy (non-hydrogen) atoms. The Morgan fingerprint density at radius 1 is 1.21 bits per heavy atom. The third kappa shape index (κ3) is 4.50. The number of carbonyl (C=O) groups is 1. The van der Waals surface area contributed by atoms with Crippen molar-refractivity contribution in [3.8, 4) is 17.1 Å². The predicted octanol–water partition coefficient (Wildman–Crippen LogP) is 4.00. The molecule has 0 aliphatic carbocycles. The van der Waals surface area contributed by atoms with Crippen LogP contribution in [0, 0.1) is 0 Å². The number of aromatic nitrogens is 4. The fourth-order valence-electron chi connectivity index (χ4n) is 2.43. The zero-order valence-corrected chi connectivity index (χ0v) is 15.5. The summed E-state index contributed by atoms with van der Waals surface area (Å²) in [6.07, 6.45) is -1.38. The molecule has 2 heterocycles. The molecule has 0 saturated carbocycles. The van der Waals surface area contributed by atoms with Crippen LogP contribution >= 0.6 is 11.8 Å². The predicted molar refractivity (Wildman–Crippen MR) is 96.9 cm³/mol. The maximum absolute atomic E-state index is 13.2. The van der Waals surface area contributed by atoms with Gasteiger partial charge in [-0.25, -0.2) is 0 Å². The maximum atomic E-state index is 13.2. The Bertz CT molecular complexity index is 961. The Hall–Kier alpha value is -2.88. The summed E-state index contributed by atoms with van der Waals surface area (Å²) in [5.74, 6) is -0.175. The van der Waals surface area contributed by atoms with Crippen LogP contribution in [0.4, 0.5) is 13.2 Å². The summed E-state index contributed by atoms with van der Waals surface area (Å²) in [4.78, 5) is 15.7. The van der Waals surface area contributed by atoms with Gasteiger partial charge in [-0.3, -0.25) is 14.3 Å². The van der Waals surface area contributed by atoms with Crippen LogP contribution in [0.25, 0.3) is 17.1 Å². The first kappa shape index (κ1) is 19.9. The highest BCUT2D eigenvalue weighted by Gasteiger charge is 2.31. The number of thioether (sulfide) groups is 1. The van der Waals surface area contributed by atoms with E-state index in [1.807, 2.05) is 0 Å². The minimum absolute atomic E-state index is 0.0437. The lowest BCUT2D eigenvalue weighted by Crippen LogP contribution is -2.09. The molecule has 0 aliphatic rings. The van der Waals surface area contributed by atoms with Gasteiger partial charge in [-0.05, 0) is 37.3 Å². The highest BCUT2D eigenvalue weighted by Crippen LogP contribution is 2.33. The monoisotopic (exact) mass is 408 g/mol. The topological polar surface area (TPSA) is 69.9 Å². The molecule has 3 rings (SSSR count). The first-order valence-corrected chi connectivity index (χ1v) is 9.20. The van der Waals surface area contributed by atoms with Gasteiger partial charge in [0.15, 0.2) is 11.0 Å². The second-order valence-electron chi connectivity index (χ2n) is 5.53. The summed E-state index contributed by atoms with van der Waals surface area (Å²) in [7, 11) is 0. The summed E-state index contributed by atoms with van der Waals surface area (Å²) in [5.41, 5.74) is 0.0117. The maximum Gasteiger partial charge on any atom is 0.416 e. The lowest BCUT2D eigenvalue weighted by molar-refractivity contribution is -0.140. The molecule has 0 atom stereocenters. The summed E-state index contributed by atoms with van der Waals surface area (Å²) in [6.45, 7) is 1.93. The number of ether oxygens (including phenoxy) is 1. The van der Waals surface area contributed by atoms with E-state index in [9.17, 15) is 18.0 Å². The van der Waals surface area contributed by atoms with Crippen LogP contribution in [-0.4, -0.2) is 38.1 Å². The highest BCUT2D eigenvalue weighted by molar-refractivity contribution is 7.99. The van der Waals surface area contributed by atoms with Gasteiger partial charge in [0.25, 0.3) is 0 Å². The van der Waals surface area contributed by atoms with Crippen LogP contribution < -0.4 is 0 Å². The molecule has 0 spiro atoms. The second-order valence-corrected chi connectivity index (χ2v) is 6.47. The van der Waals surface area contributed by atoms with Crippen LogP contribution in [0.1, 0.15) is 12.5 Å². The van der Waals surface area contributed by atoms with Gasteiger partial charge in [0.2, 0.25) is 0 Å². The van der Waals surface area contributed by atoms with Gasteiger partial charge < -0.3 is 4.74 Å². The summed E-state index contributed by atoms with van der Waals surface area (Å²) >= 11 is 1.03. The molecule has 1 aromatic carbocycles. The molecule has 0 unspecified atom stereocenters. The molecule has 0 radical (unpaired) electrons. The molecule has 3 aromatic rings. The van der Waals surface area contributed by atoms with Crippen LogP contribution in [0.2, 0.25) is 0 Å². The number of hydrogen-bond acceptors (Lipinski definition) is 6. The van der Waals surface area contributed by atoms with Gasteiger partial charge in [-0.2, -0.15) is 13.2 Å². The molecule has 2 aromatic heterocycles. The fourth-order valence-corrected chi connectivity index (χ4v) is 3.18. The van der Waals surface area contributed by atoms with Gasteiger partial charge in [-0.15, -0.1) is 10.2 Å². The van der Waals surface area contributed by atoms with Crippen molar-refractivity contribution in [2.45, 2.75) is 18.3 Å². The Kier molecular flexibility index (Phi) is 5.98. The lowest BCUT2D eigenvalue weighted by atomic mass is 10.2. The fraction of sp³-hybridized carbons (Fsp3) is 0.222. The van der Waals surface area contributed by atoms with E-state index < -0.39 is 17.7 Å². The number of pyridine rings is 1. The van der Waals surface area contributed by atoms with Crippen molar-refractivity contribution in [3.63, 3.8) is 0 Å².